The number of benzene rings is 1. The van der Waals surface area contributed by atoms with E-state index in [1.807, 2.05) is 4.90 Å². The number of hydrogen-bond donors (Lipinski definition) is 1. The van der Waals surface area contributed by atoms with E-state index in [4.69, 9.17) is 11.6 Å². The molecule has 1 heterocycles. The van der Waals surface area contributed by atoms with Gasteiger partial charge in [-0.25, -0.2) is 0 Å². The smallest absolute Gasteiger partial charge is 0.254 e. The molecule has 0 aliphatic carbocycles. The molecule has 1 aromatic rings. The summed E-state index contributed by atoms with van der Waals surface area (Å²) >= 11 is 9.20. The lowest BCUT2D eigenvalue weighted by Gasteiger charge is -2.28. The van der Waals surface area contributed by atoms with Crippen molar-refractivity contribution in [3.8, 4) is 5.75 Å². The maximum Gasteiger partial charge on any atom is 0.254 e. The summed E-state index contributed by atoms with van der Waals surface area (Å²) in [5, 5.41) is 9.68. The van der Waals surface area contributed by atoms with E-state index in [2.05, 4.69) is 15.9 Å². The fourth-order valence-corrected chi connectivity index (χ4v) is 2.98. The van der Waals surface area contributed by atoms with Crippen molar-refractivity contribution in [3.05, 3.63) is 28.2 Å². The summed E-state index contributed by atoms with van der Waals surface area (Å²) in [6.45, 7) is 0.743. The number of carbonyl (C=O) groups excluding carboxylic acids is 1. The Kier molecular flexibility index (Phi) is 5.11. The molecule has 104 valence electrons. The summed E-state index contributed by atoms with van der Waals surface area (Å²) in [7, 11) is 0. The lowest BCUT2D eigenvalue weighted by molar-refractivity contribution is 0.0700. The first-order valence-electron chi connectivity index (χ1n) is 6.49. The highest BCUT2D eigenvalue weighted by molar-refractivity contribution is 9.10. The van der Waals surface area contributed by atoms with E-state index in [1.54, 1.807) is 12.1 Å². The quantitative estimate of drug-likeness (QED) is 0.828. The van der Waals surface area contributed by atoms with Crippen molar-refractivity contribution in [3.63, 3.8) is 0 Å². The third kappa shape index (κ3) is 3.42. The summed E-state index contributed by atoms with van der Waals surface area (Å²) in [6.07, 6.45) is 4.23. The Hall–Kier alpha value is -0.740. The maximum absolute atomic E-state index is 12.5. The highest BCUT2D eigenvalue weighted by Gasteiger charge is 2.25. The number of alkyl halides is 1. The van der Waals surface area contributed by atoms with Crippen LogP contribution in [0, 0.1) is 0 Å². The SMILES string of the molecule is O=C(c1ccc(Br)c(O)c1)N1CCCCCC1CCl. The molecule has 1 aromatic carbocycles. The van der Waals surface area contributed by atoms with Gasteiger partial charge in [-0.3, -0.25) is 4.79 Å². The largest absolute Gasteiger partial charge is 0.507 e. The van der Waals surface area contributed by atoms with Gasteiger partial charge in [-0.05, 0) is 47.0 Å². The number of rotatable bonds is 2. The molecule has 0 saturated carbocycles. The van der Waals surface area contributed by atoms with Crippen LogP contribution in [-0.2, 0) is 0 Å². The highest BCUT2D eigenvalue weighted by atomic mass is 79.9. The Labute approximate surface area is 126 Å². The fraction of sp³-hybridized carbons (Fsp3) is 0.500. The van der Waals surface area contributed by atoms with Gasteiger partial charge in [-0.1, -0.05) is 12.8 Å². The fourth-order valence-electron chi connectivity index (χ4n) is 2.42. The van der Waals surface area contributed by atoms with E-state index < -0.39 is 0 Å². The molecule has 0 aromatic heterocycles. The number of halogens is 2. The molecular weight excluding hydrogens is 330 g/mol. The van der Waals surface area contributed by atoms with Crippen molar-refractivity contribution in [2.75, 3.05) is 12.4 Å². The number of hydrogen-bond acceptors (Lipinski definition) is 2. The zero-order valence-corrected chi connectivity index (χ0v) is 13.0. The van der Waals surface area contributed by atoms with Crippen LogP contribution in [-0.4, -0.2) is 34.4 Å². The second-order valence-electron chi connectivity index (χ2n) is 4.82. The second kappa shape index (κ2) is 6.62. The molecule has 2 rings (SSSR count). The maximum atomic E-state index is 12.5. The molecule has 1 aliphatic heterocycles. The van der Waals surface area contributed by atoms with Gasteiger partial charge in [-0.2, -0.15) is 0 Å². The Bertz CT molecular complexity index is 467. The van der Waals surface area contributed by atoms with Gasteiger partial charge in [0.25, 0.3) is 5.91 Å². The number of aromatic hydroxyl groups is 1. The molecule has 1 atom stereocenters. The van der Waals surface area contributed by atoms with Gasteiger partial charge >= 0.3 is 0 Å². The van der Waals surface area contributed by atoms with Crippen LogP contribution >= 0.6 is 27.5 Å². The van der Waals surface area contributed by atoms with Crippen LogP contribution in [0.15, 0.2) is 22.7 Å². The molecule has 1 saturated heterocycles. The molecule has 1 amide bonds. The Morgan fingerprint density at radius 3 is 2.89 bits per heavy atom. The van der Waals surface area contributed by atoms with Crippen LogP contribution in [0.5, 0.6) is 5.75 Å². The van der Waals surface area contributed by atoms with Gasteiger partial charge < -0.3 is 10.0 Å². The topological polar surface area (TPSA) is 40.5 Å². The third-order valence-electron chi connectivity index (χ3n) is 3.51. The van der Waals surface area contributed by atoms with Crippen LogP contribution in [0.3, 0.4) is 0 Å². The molecule has 0 bridgehead atoms. The first kappa shape index (κ1) is 14.7. The zero-order chi connectivity index (χ0) is 13.8. The standard InChI is InChI=1S/C14H17BrClNO2/c15-12-6-5-10(8-13(12)18)14(19)17-7-3-1-2-4-11(17)9-16/h5-6,8,11,18H,1-4,7,9H2. The first-order chi connectivity index (χ1) is 9.13. The van der Waals surface area contributed by atoms with E-state index in [9.17, 15) is 9.90 Å². The van der Waals surface area contributed by atoms with Gasteiger partial charge in [-0.15, -0.1) is 11.6 Å². The normalized spacial score (nSPS) is 20.1. The molecule has 0 radical (unpaired) electrons. The summed E-state index contributed by atoms with van der Waals surface area (Å²) in [5.74, 6) is 0.507. The predicted octanol–water partition coefficient (Wildman–Crippen LogP) is 3.78. The van der Waals surface area contributed by atoms with Crippen LogP contribution < -0.4 is 0 Å². The molecule has 1 aliphatic rings. The molecule has 1 unspecified atom stereocenters. The van der Waals surface area contributed by atoms with Crippen LogP contribution in [0.1, 0.15) is 36.0 Å². The van der Waals surface area contributed by atoms with Crippen LogP contribution in [0.2, 0.25) is 0 Å². The third-order valence-corrected chi connectivity index (χ3v) is 4.54. The number of nitrogens with zero attached hydrogens (tertiary/aromatic N) is 1. The van der Waals surface area contributed by atoms with E-state index in [1.165, 1.54) is 6.07 Å². The second-order valence-corrected chi connectivity index (χ2v) is 5.99. The lowest BCUT2D eigenvalue weighted by Crippen LogP contribution is -2.41. The molecule has 1 N–H and O–H groups in total. The average Bonchev–Trinajstić information content (AvgIpc) is 2.66. The van der Waals surface area contributed by atoms with Gasteiger partial charge in [0, 0.05) is 24.0 Å². The van der Waals surface area contributed by atoms with E-state index >= 15 is 0 Å². The number of phenolic OH excluding ortho intramolecular Hbond substituents is 1. The minimum absolute atomic E-state index is 0.0460. The van der Waals surface area contributed by atoms with E-state index in [0.29, 0.717) is 15.9 Å². The van der Waals surface area contributed by atoms with Gasteiger partial charge in [0.1, 0.15) is 5.75 Å². The Morgan fingerprint density at radius 1 is 1.42 bits per heavy atom. The molecular formula is C14H17BrClNO2. The van der Waals surface area contributed by atoms with Crippen molar-refractivity contribution in [1.82, 2.24) is 4.90 Å². The van der Waals surface area contributed by atoms with Gasteiger partial charge in [0.15, 0.2) is 0 Å². The monoisotopic (exact) mass is 345 g/mol. The Balaban J connectivity index is 2.22. The lowest BCUT2D eigenvalue weighted by atomic mass is 10.1. The molecule has 5 heteroatoms. The van der Waals surface area contributed by atoms with Crippen molar-refractivity contribution >= 4 is 33.4 Å². The van der Waals surface area contributed by atoms with Crippen molar-refractivity contribution in [2.45, 2.75) is 31.7 Å². The van der Waals surface area contributed by atoms with Crippen LogP contribution in [0.25, 0.3) is 0 Å². The van der Waals surface area contributed by atoms with Gasteiger partial charge in [0.2, 0.25) is 0 Å². The minimum atomic E-state index is -0.0460. The van der Waals surface area contributed by atoms with Crippen molar-refractivity contribution in [2.24, 2.45) is 0 Å². The zero-order valence-electron chi connectivity index (χ0n) is 10.6. The summed E-state index contributed by atoms with van der Waals surface area (Å²) in [4.78, 5) is 14.4. The van der Waals surface area contributed by atoms with Crippen LogP contribution in [0.4, 0.5) is 0 Å². The number of phenols is 1. The predicted molar refractivity (Wildman–Crippen MR) is 79.8 cm³/mol. The van der Waals surface area contributed by atoms with E-state index in [0.717, 1.165) is 32.2 Å². The number of likely N-dealkylation sites (tertiary alicyclic amines) is 1. The Morgan fingerprint density at radius 2 is 2.21 bits per heavy atom. The first-order valence-corrected chi connectivity index (χ1v) is 7.81. The number of amides is 1. The summed E-state index contributed by atoms with van der Waals surface area (Å²) in [5.41, 5.74) is 0.512. The highest BCUT2D eigenvalue weighted by Crippen LogP contribution is 2.26. The average molecular weight is 347 g/mol. The molecule has 19 heavy (non-hydrogen) atoms. The minimum Gasteiger partial charge on any atom is -0.507 e. The van der Waals surface area contributed by atoms with E-state index in [-0.39, 0.29) is 17.7 Å². The molecule has 1 fully saturated rings. The summed E-state index contributed by atoms with van der Waals surface area (Å²) < 4.78 is 0.591. The van der Waals surface area contributed by atoms with Crippen molar-refractivity contribution < 1.29 is 9.90 Å². The number of carbonyl (C=O) groups is 1. The molecule has 0 spiro atoms. The molecule has 3 nitrogen and oxygen atoms in total. The van der Waals surface area contributed by atoms with Gasteiger partial charge in [0.05, 0.1) is 4.47 Å². The van der Waals surface area contributed by atoms with Crippen molar-refractivity contribution in [1.29, 1.82) is 0 Å². The summed E-state index contributed by atoms with van der Waals surface area (Å²) in [6, 6.07) is 5.02.